The molecule has 4 rings (SSSR count). The van der Waals surface area contributed by atoms with Crippen LogP contribution in [0, 0.1) is 0 Å². The van der Waals surface area contributed by atoms with Crippen molar-refractivity contribution in [2.24, 2.45) is 0 Å². The van der Waals surface area contributed by atoms with E-state index in [1.165, 1.54) is 0 Å². The summed E-state index contributed by atoms with van der Waals surface area (Å²) >= 11 is 0. The lowest BCUT2D eigenvalue weighted by atomic mass is 9.82. The number of hydrogen-bond donors (Lipinski definition) is 0. The first kappa shape index (κ1) is 11.7. The van der Waals surface area contributed by atoms with Crippen LogP contribution >= 0.6 is 0 Å². The highest BCUT2D eigenvalue weighted by Gasteiger charge is 2.31. The molecule has 4 heteroatoms. The molecule has 0 amide bonds. The Morgan fingerprint density at radius 2 is 1.20 bits per heavy atom. The highest BCUT2D eigenvalue weighted by atomic mass is 32.2. The monoisotopic (exact) mass is 282 g/mol. The zero-order chi connectivity index (χ0) is 13.9. The maximum absolute atomic E-state index is 12.5. The van der Waals surface area contributed by atoms with Crippen molar-refractivity contribution in [3.63, 3.8) is 0 Å². The van der Waals surface area contributed by atoms with Gasteiger partial charge in [0.2, 0.25) is 0 Å². The number of fused-ring (bicyclic) bond motifs is 3. The number of carbonyl (C=O) groups excluding carboxylic acids is 2. The first-order valence-corrected chi connectivity index (χ1v) is 7.83. The van der Waals surface area contributed by atoms with Gasteiger partial charge >= 0.3 is 0 Å². The fraction of sp³-hybridized carbons (Fsp3) is 0.125. The van der Waals surface area contributed by atoms with Crippen molar-refractivity contribution in [1.82, 2.24) is 0 Å². The Balaban J connectivity index is 1.99. The van der Waals surface area contributed by atoms with Crippen LogP contribution in [0.3, 0.4) is 0 Å². The molecule has 0 fully saturated rings. The molecule has 2 aromatic rings. The van der Waals surface area contributed by atoms with E-state index in [9.17, 15) is 13.8 Å². The van der Waals surface area contributed by atoms with Crippen molar-refractivity contribution in [2.45, 2.75) is 11.5 Å². The standard InChI is InChI=1S/C16H10O3S/c17-15-11-3-1-2-4-12(11)16(18)14-6-10-8-20(19)7-9(10)5-13(14)15/h1-6H,7-8H2. The number of rotatable bonds is 0. The van der Waals surface area contributed by atoms with Gasteiger partial charge in [-0.05, 0) is 23.3 Å². The molecule has 0 N–H and O–H groups in total. The van der Waals surface area contributed by atoms with Crippen molar-refractivity contribution >= 4 is 22.4 Å². The fourth-order valence-electron chi connectivity index (χ4n) is 2.90. The van der Waals surface area contributed by atoms with Gasteiger partial charge in [-0.2, -0.15) is 0 Å². The molecule has 0 saturated heterocycles. The molecule has 0 bridgehead atoms. The predicted octanol–water partition coefficient (Wildman–Crippen LogP) is 2.22. The summed E-state index contributed by atoms with van der Waals surface area (Å²) in [5, 5.41) is 0. The van der Waals surface area contributed by atoms with Crippen LogP contribution in [0.5, 0.6) is 0 Å². The third kappa shape index (κ3) is 1.48. The van der Waals surface area contributed by atoms with Gasteiger partial charge in [-0.15, -0.1) is 0 Å². The van der Waals surface area contributed by atoms with Crippen LogP contribution in [0.25, 0.3) is 0 Å². The van der Waals surface area contributed by atoms with Crippen LogP contribution in [-0.4, -0.2) is 15.8 Å². The lowest BCUT2D eigenvalue weighted by Gasteiger charge is -2.18. The summed E-state index contributed by atoms with van der Waals surface area (Å²) in [6, 6.07) is 10.4. The van der Waals surface area contributed by atoms with Gasteiger partial charge in [0.25, 0.3) is 0 Å². The molecule has 1 aliphatic carbocycles. The van der Waals surface area contributed by atoms with E-state index in [0.717, 1.165) is 11.1 Å². The SMILES string of the molecule is O=C1c2ccccc2C(=O)c2cc3c(cc21)CS(=O)C3. The van der Waals surface area contributed by atoms with Gasteiger partial charge in [0.05, 0.1) is 0 Å². The summed E-state index contributed by atoms with van der Waals surface area (Å²) < 4.78 is 11.6. The average molecular weight is 282 g/mol. The molecule has 0 radical (unpaired) electrons. The Morgan fingerprint density at radius 3 is 1.65 bits per heavy atom. The van der Waals surface area contributed by atoms with E-state index < -0.39 is 10.8 Å². The van der Waals surface area contributed by atoms with Crippen LogP contribution in [-0.2, 0) is 22.3 Å². The molecular weight excluding hydrogens is 272 g/mol. The first-order chi connectivity index (χ1) is 9.65. The summed E-state index contributed by atoms with van der Waals surface area (Å²) in [6.07, 6.45) is 0. The van der Waals surface area contributed by atoms with Gasteiger partial charge in [-0.3, -0.25) is 13.8 Å². The van der Waals surface area contributed by atoms with E-state index in [1.807, 2.05) is 0 Å². The molecule has 3 nitrogen and oxygen atoms in total. The summed E-state index contributed by atoms with van der Waals surface area (Å²) in [5.41, 5.74) is 3.69. The van der Waals surface area contributed by atoms with Crippen molar-refractivity contribution in [2.75, 3.05) is 0 Å². The zero-order valence-electron chi connectivity index (χ0n) is 10.5. The van der Waals surface area contributed by atoms with Crippen molar-refractivity contribution in [3.8, 4) is 0 Å². The Morgan fingerprint density at radius 1 is 0.750 bits per heavy atom. The number of hydrogen-bond acceptors (Lipinski definition) is 3. The molecule has 0 atom stereocenters. The lowest BCUT2D eigenvalue weighted by Crippen LogP contribution is -2.21. The van der Waals surface area contributed by atoms with Crippen LogP contribution in [0.1, 0.15) is 43.0 Å². The van der Waals surface area contributed by atoms with E-state index in [2.05, 4.69) is 0 Å². The fourth-order valence-corrected chi connectivity index (χ4v) is 4.23. The van der Waals surface area contributed by atoms with E-state index >= 15 is 0 Å². The second-order valence-corrected chi connectivity index (χ2v) is 6.56. The average Bonchev–Trinajstić information content (AvgIpc) is 2.82. The van der Waals surface area contributed by atoms with Crippen molar-refractivity contribution in [3.05, 3.63) is 69.8 Å². The summed E-state index contributed by atoms with van der Waals surface area (Å²) in [6.45, 7) is 0. The minimum absolute atomic E-state index is 0.115. The Kier molecular flexibility index (Phi) is 2.32. The maximum Gasteiger partial charge on any atom is 0.194 e. The van der Waals surface area contributed by atoms with E-state index in [0.29, 0.717) is 33.8 Å². The predicted molar refractivity (Wildman–Crippen MR) is 75.3 cm³/mol. The number of benzene rings is 2. The third-order valence-electron chi connectivity index (χ3n) is 3.88. The molecule has 0 spiro atoms. The quantitative estimate of drug-likeness (QED) is 0.635. The normalized spacial score (nSPS) is 16.8. The third-order valence-corrected chi connectivity index (χ3v) is 5.14. The highest BCUT2D eigenvalue weighted by molar-refractivity contribution is 7.83. The molecule has 2 aliphatic rings. The molecule has 1 aliphatic heterocycles. The van der Waals surface area contributed by atoms with Crippen LogP contribution in [0.15, 0.2) is 36.4 Å². The second kappa shape index (κ2) is 3.96. The smallest absolute Gasteiger partial charge is 0.194 e. The molecule has 0 saturated carbocycles. The van der Waals surface area contributed by atoms with Gasteiger partial charge in [0.1, 0.15) is 0 Å². The lowest BCUT2D eigenvalue weighted by molar-refractivity contribution is 0.0979. The van der Waals surface area contributed by atoms with Crippen LogP contribution in [0.2, 0.25) is 0 Å². The summed E-state index contributed by atoms with van der Waals surface area (Å²) in [7, 11) is -0.915. The van der Waals surface area contributed by atoms with Gasteiger partial charge in [-0.1, -0.05) is 24.3 Å². The molecular formula is C16H10O3S. The van der Waals surface area contributed by atoms with Crippen LogP contribution in [0.4, 0.5) is 0 Å². The van der Waals surface area contributed by atoms with Gasteiger partial charge < -0.3 is 0 Å². The molecule has 0 unspecified atom stereocenters. The summed E-state index contributed by atoms with van der Waals surface area (Å²) in [4.78, 5) is 25.0. The Labute approximate surface area is 118 Å². The molecule has 20 heavy (non-hydrogen) atoms. The van der Waals surface area contributed by atoms with E-state index in [-0.39, 0.29) is 11.6 Å². The maximum atomic E-state index is 12.5. The number of ketones is 2. The van der Waals surface area contributed by atoms with Gasteiger partial charge in [-0.25, -0.2) is 0 Å². The Bertz CT molecular complexity index is 754. The van der Waals surface area contributed by atoms with E-state index in [4.69, 9.17) is 0 Å². The Hall–Kier alpha value is -2.07. The van der Waals surface area contributed by atoms with Gasteiger partial charge in [0, 0.05) is 44.6 Å². The minimum atomic E-state index is -0.915. The zero-order valence-corrected chi connectivity index (χ0v) is 11.3. The highest BCUT2D eigenvalue weighted by Crippen LogP contribution is 2.32. The van der Waals surface area contributed by atoms with Gasteiger partial charge in [0.15, 0.2) is 11.6 Å². The van der Waals surface area contributed by atoms with E-state index in [1.54, 1.807) is 36.4 Å². The largest absolute Gasteiger partial charge is 0.289 e. The topological polar surface area (TPSA) is 51.2 Å². The molecule has 0 aromatic heterocycles. The molecule has 2 aromatic carbocycles. The number of carbonyl (C=O) groups is 2. The first-order valence-electron chi connectivity index (χ1n) is 6.34. The van der Waals surface area contributed by atoms with Crippen molar-refractivity contribution < 1.29 is 13.8 Å². The summed E-state index contributed by atoms with van der Waals surface area (Å²) in [5.74, 6) is 0.726. The minimum Gasteiger partial charge on any atom is -0.289 e. The van der Waals surface area contributed by atoms with Crippen molar-refractivity contribution in [1.29, 1.82) is 0 Å². The molecule has 1 heterocycles. The molecule has 98 valence electrons. The second-order valence-electron chi connectivity index (χ2n) is 5.10. The van der Waals surface area contributed by atoms with Crippen LogP contribution < -0.4 is 0 Å².